The average Bonchev–Trinajstić information content (AvgIpc) is 2.48. The molecule has 0 unspecified atom stereocenters. The third-order valence-electron chi connectivity index (χ3n) is 2.82. The molecule has 0 fully saturated rings. The van der Waals surface area contributed by atoms with Gasteiger partial charge in [-0.1, -0.05) is 12.1 Å². The second kappa shape index (κ2) is 6.60. The van der Waals surface area contributed by atoms with Crippen molar-refractivity contribution in [2.75, 3.05) is 7.11 Å². The number of halogens is 1. The highest BCUT2D eigenvalue weighted by molar-refractivity contribution is 14.1. The smallest absolute Gasteiger partial charge is 0.251 e. The number of amides is 1. The lowest BCUT2D eigenvalue weighted by atomic mass is 10.2. The van der Waals surface area contributed by atoms with Crippen molar-refractivity contribution in [2.45, 2.75) is 6.54 Å². The Balaban J connectivity index is 1.98. The van der Waals surface area contributed by atoms with Crippen molar-refractivity contribution in [2.24, 2.45) is 0 Å². The number of benzene rings is 2. The summed E-state index contributed by atoms with van der Waals surface area (Å²) in [7, 11) is 1.61. The SMILES string of the molecule is COc1ccc(CNC(=O)c2ccc(I)c(O)c2)cc1. The first kappa shape index (κ1) is 14.6. The van der Waals surface area contributed by atoms with E-state index in [1.807, 2.05) is 46.9 Å². The van der Waals surface area contributed by atoms with Crippen LogP contribution < -0.4 is 10.1 Å². The molecule has 0 aliphatic carbocycles. The number of hydrogen-bond acceptors (Lipinski definition) is 3. The normalized spacial score (nSPS) is 10.1. The van der Waals surface area contributed by atoms with Crippen LogP contribution in [-0.2, 0) is 6.54 Å². The van der Waals surface area contributed by atoms with E-state index in [0.717, 1.165) is 11.3 Å². The first-order valence-corrected chi connectivity index (χ1v) is 7.07. The fraction of sp³-hybridized carbons (Fsp3) is 0.133. The largest absolute Gasteiger partial charge is 0.507 e. The van der Waals surface area contributed by atoms with Gasteiger partial charge in [0.1, 0.15) is 11.5 Å². The minimum Gasteiger partial charge on any atom is -0.507 e. The number of carbonyl (C=O) groups is 1. The van der Waals surface area contributed by atoms with E-state index in [1.54, 1.807) is 19.2 Å². The van der Waals surface area contributed by atoms with Crippen molar-refractivity contribution >= 4 is 28.5 Å². The van der Waals surface area contributed by atoms with Crippen molar-refractivity contribution in [1.82, 2.24) is 5.32 Å². The van der Waals surface area contributed by atoms with E-state index in [0.29, 0.717) is 15.7 Å². The maximum Gasteiger partial charge on any atom is 0.251 e. The van der Waals surface area contributed by atoms with E-state index in [4.69, 9.17) is 4.74 Å². The summed E-state index contributed by atoms with van der Waals surface area (Å²) in [6, 6.07) is 12.3. The lowest BCUT2D eigenvalue weighted by molar-refractivity contribution is 0.0950. The summed E-state index contributed by atoms with van der Waals surface area (Å²) in [6.07, 6.45) is 0. The van der Waals surface area contributed by atoms with Crippen LogP contribution in [0.15, 0.2) is 42.5 Å². The number of rotatable bonds is 4. The van der Waals surface area contributed by atoms with Gasteiger partial charge in [-0.2, -0.15) is 0 Å². The Labute approximate surface area is 130 Å². The third kappa shape index (κ3) is 3.63. The number of phenolic OH excluding ortho intramolecular Hbond substituents is 1. The molecule has 20 heavy (non-hydrogen) atoms. The van der Waals surface area contributed by atoms with Gasteiger partial charge in [-0.3, -0.25) is 4.79 Å². The van der Waals surface area contributed by atoms with Crippen molar-refractivity contribution < 1.29 is 14.6 Å². The third-order valence-corrected chi connectivity index (χ3v) is 3.73. The molecule has 0 aliphatic heterocycles. The molecule has 0 aromatic heterocycles. The molecule has 104 valence electrons. The molecule has 1 amide bonds. The van der Waals surface area contributed by atoms with Gasteiger partial charge in [-0.25, -0.2) is 0 Å². The molecule has 0 bridgehead atoms. The highest BCUT2D eigenvalue weighted by Crippen LogP contribution is 2.20. The molecule has 0 saturated heterocycles. The van der Waals surface area contributed by atoms with E-state index < -0.39 is 0 Å². The fourth-order valence-corrected chi connectivity index (χ4v) is 2.02. The van der Waals surface area contributed by atoms with Gasteiger partial charge in [0.05, 0.1) is 10.7 Å². The zero-order valence-corrected chi connectivity index (χ0v) is 13.0. The van der Waals surface area contributed by atoms with Crippen molar-refractivity contribution in [3.8, 4) is 11.5 Å². The Kier molecular flexibility index (Phi) is 4.84. The molecular formula is C15H14INO3. The maximum absolute atomic E-state index is 12.0. The highest BCUT2D eigenvalue weighted by atomic mass is 127. The Bertz CT molecular complexity index is 611. The zero-order valence-electron chi connectivity index (χ0n) is 10.9. The molecule has 2 rings (SSSR count). The molecule has 0 saturated carbocycles. The zero-order chi connectivity index (χ0) is 14.5. The van der Waals surface area contributed by atoms with E-state index in [1.165, 1.54) is 6.07 Å². The van der Waals surface area contributed by atoms with Crippen LogP contribution in [0.5, 0.6) is 11.5 Å². The number of ether oxygens (including phenoxy) is 1. The highest BCUT2D eigenvalue weighted by Gasteiger charge is 2.07. The number of carbonyl (C=O) groups excluding carboxylic acids is 1. The number of methoxy groups -OCH3 is 1. The number of aromatic hydroxyl groups is 1. The predicted octanol–water partition coefficient (Wildman–Crippen LogP) is 2.94. The summed E-state index contributed by atoms with van der Waals surface area (Å²) in [6.45, 7) is 0.426. The van der Waals surface area contributed by atoms with Crippen LogP contribution in [0.2, 0.25) is 0 Å². The van der Waals surface area contributed by atoms with Gasteiger partial charge in [-0.05, 0) is 58.5 Å². The summed E-state index contributed by atoms with van der Waals surface area (Å²) >= 11 is 2.01. The second-order valence-electron chi connectivity index (χ2n) is 4.20. The average molecular weight is 383 g/mol. The van der Waals surface area contributed by atoms with E-state index >= 15 is 0 Å². The quantitative estimate of drug-likeness (QED) is 0.799. The summed E-state index contributed by atoms with van der Waals surface area (Å²) < 4.78 is 5.79. The van der Waals surface area contributed by atoms with Crippen LogP contribution in [0.4, 0.5) is 0 Å². The Morgan fingerprint density at radius 1 is 1.25 bits per heavy atom. The topological polar surface area (TPSA) is 58.6 Å². The molecular weight excluding hydrogens is 369 g/mol. The number of phenols is 1. The van der Waals surface area contributed by atoms with Crippen LogP contribution in [0.3, 0.4) is 0 Å². The first-order chi connectivity index (χ1) is 9.60. The van der Waals surface area contributed by atoms with Gasteiger partial charge >= 0.3 is 0 Å². The van der Waals surface area contributed by atoms with Crippen LogP contribution in [0.1, 0.15) is 15.9 Å². The van der Waals surface area contributed by atoms with Gasteiger partial charge in [0.2, 0.25) is 0 Å². The summed E-state index contributed by atoms with van der Waals surface area (Å²) in [5.74, 6) is 0.679. The van der Waals surface area contributed by atoms with Gasteiger partial charge in [-0.15, -0.1) is 0 Å². The van der Waals surface area contributed by atoms with Crippen LogP contribution in [0.25, 0.3) is 0 Å². The first-order valence-electron chi connectivity index (χ1n) is 6.00. The number of hydrogen-bond donors (Lipinski definition) is 2. The molecule has 0 heterocycles. The van der Waals surface area contributed by atoms with Crippen LogP contribution in [0, 0.1) is 3.57 Å². The lowest BCUT2D eigenvalue weighted by Crippen LogP contribution is -2.22. The Hall–Kier alpha value is -1.76. The predicted molar refractivity (Wildman–Crippen MR) is 85.0 cm³/mol. The summed E-state index contributed by atoms with van der Waals surface area (Å²) in [5, 5.41) is 12.4. The van der Waals surface area contributed by atoms with E-state index in [2.05, 4.69) is 5.32 Å². The summed E-state index contributed by atoms with van der Waals surface area (Å²) in [4.78, 5) is 12.0. The standard InChI is InChI=1S/C15H14INO3/c1-20-12-5-2-10(3-6-12)9-17-15(19)11-4-7-13(16)14(18)8-11/h2-8,18H,9H2,1H3,(H,17,19). The fourth-order valence-electron chi connectivity index (χ4n) is 1.68. The van der Waals surface area contributed by atoms with Gasteiger partial charge in [0, 0.05) is 12.1 Å². The summed E-state index contributed by atoms with van der Waals surface area (Å²) in [5.41, 5.74) is 1.42. The molecule has 2 N–H and O–H groups in total. The van der Waals surface area contributed by atoms with E-state index in [9.17, 15) is 9.90 Å². The minimum absolute atomic E-state index is 0.114. The molecule has 2 aromatic rings. The van der Waals surface area contributed by atoms with Crippen LogP contribution in [-0.4, -0.2) is 18.1 Å². The number of nitrogens with one attached hydrogen (secondary N) is 1. The van der Waals surface area contributed by atoms with Crippen molar-refractivity contribution in [1.29, 1.82) is 0 Å². The van der Waals surface area contributed by atoms with Gasteiger partial charge < -0.3 is 15.2 Å². The monoisotopic (exact) mass is 383 g/mol. The minimum atomic E-state index is -0.215. The maximum atomic E-state index is 12.0. The molecule has 5 heteroatoms. The molecule has 0 spiro atoms. The second-order valence-corrected chi connectivity index (χ2v) is 5.36. The lowest BCUT2D eigenvalue weighted by Gasteiger charge is -2.07. The van der Waals surface area contributed by atoms with Crippen LogP contribution >= 0.6 is 22.6 Å². The molecule has 0 radical (unpaired) electrons. The van der Waals surface area contributed by atoms with E-state index in [-0.39, 0.29) is 11.7 Å². The van der Waals surface area contributed by atoms with Gasteiger partial charge in [0.15, 0.2) is 0 Å². The Morgan fingerprint density at radius 3 is 2.55 bits per heavy atom. The van der Waals surface area contributed by atoms with Gasteiger partial charge in [0.25, 0.3) is 5.91 Å². The molecule has 2 aromatic carbocycles. The Morgan fingerprint density at radius 2 is 1.95 bits per heavy atom. The molecule has 4 nitrogen and oxygen atoms in total. The van der Waals surface area contributed by atoms with Crippen molar-refractivity contribution in [3.63, 3.8) is 0 Å². The molecule has 0 aliphatic rings. The molecule has 0 atom stereocenters. The van der Waals surface area contributed by atoms with Crippen molar-refractivity contribution in [3.05, 3.63) is 57.2 Å².